The van der Waals surface area contributed by atoms with Crippen molar-refractivity contribution in [3.05, 3.63) is 24.1 Å². The molecule has 1 saturated heterocycles. The normalized spacial score (nSPS) is 22.3. The molecule has 0 aromatic carbocycles. The topological polar surface area (TPSA) is 54.5 Å². The number of rotatable bonds is 3. The van der Waals surface area contributed by atoms with Gasteiger partial charge in [-0.15, -0.1) is 0 Å². The highest BCUT2D eigenvalue weighted by Gasteiger charge is 2.49. The van der Waals surface area contributed by atoms with Crippen molar-refractivity contribution in [2.45, 2.75) is 58.1 Å². The predicted octanol–water partition coefficient (Wildman–Crippen LogP) is 3.81. The zero-order chi connectivity index (χ0) is 17.4. The van der Waals surface area contributed by atoms with Crippen LogP contribution in [0.5, 0.6) is 0 Å². The molecule has 1 amide bonds. The van der Waals surface area contributed by atoms with Gasteiger partial charge in [-0.2, -0.15) is 0 Å². The summed E-state index contributed by atoms with van der Waals surface area (Å²) in [6.07, 6.45) is 5.48. The van der Waals surface area contributed by atoms with Crippen LogP contribution in [0.4, 0.5) is 15.0 Å². The van der Waals surface area contributed by atoms with Crippen LogP contribution < -0.4 is 5.32 Å². The summed E-state index contributed by atoms with van der Waals surface area (Å²) >= 11 is 0. The maximum absolute atomic E-state index is 13.0. The number of hydrogen-bond donors (Lipinski definition) is 1. The van der Waals surface area contributed by atoms with Gasteiger partial charge in [0.2, 0.25) is 0 Å². The minimum atomic E-state index is -0.498. The Kier molecular flexibility index (Phi) is 4.40. The molecule has 0 unspecified atom stereocenters. The number of nitrogens with zero attached hydrogens (tertiary/aromatic N) is 2. The first kappa shape index (κ1) is 17.0. The van der Waals surface area contributed by atoms with Gasteiger partial charge >= 0.3 is 6.09 Å². The molecule has 6 heteroatoms. The molecule has 24 heavy (non-hydrogen) atoms. The first-order valence-corrected chi connectivity index (χ1v) is 8.61. The molecular weight excluding hydrogens is 309 g/mol. The van der Waals surface area contributed by atoms with Crippen LogP contribution in [0.2, 0.25) is 0 Å². The van der Waals surface area contributed by atoms with Gasteiger partial charge in [0.1, 0.15) is 17.2 Å². The number of amides is 1. The number of pyridine rings is 1. The third-order valence-electron chi connectivity index (χ3n) is 4.82. The van der Waals surface area contributed by atoms with E-state index in [2.05, 4.69) is 10.3 Å². The molecule has 1 spiro atoms. The Morgan fingerprint density at radius 3 is 2.75 bits per heavy atom. The molecule has 2 fully saturated rings. The minimum Gasteiger partial charge on any atom is -0.444 e. The van der Waals surface area contributed by atoms with Crippen molar-refractivity contribution in [1.29, 1.82) is 0 Å². The van der Waals surface area contributed by atoms with E-state index < -0.39 is 5.60 Å². The summed E-state index contributed by atoms with van der Waals surface area (Å²) in [6.45, 7) is 6.98. The van der Waals surface area contributed by atoms with Crippen molar-refractivity contribution < 1.29 is 13.9 Å². The summed E-state index contributed by atoms with van der Waals surface area (Å²) < 4.78 is 18.5. The highest BCUT2D eigenvalue weighted by molar-refractivity contribution is 5.69. The fraction of sp³-hybridized carbons (Fsp3) is 0.667. The summed E-state index contributed by atoms with van der Waals surface area (Å²) in [5.74, 6) is 0.265. The van der Waals surface area contributed by atoms with Crippen LogP contribution in [0.3, 0.4) is 0 Å². The summed E-state index contributed by atoms with van der Waals surface area (Å²) in [5.41, 5.74) is -0.0800. The number of halogens is 1. The lowest BCUT2D eigenvalue weighted by Gasteiger charge is -2.40. The van der Waals surface area contributed by atoms with E-state index in [0.29, 0.717) is 17.8 Å². The van der Waals surface area contributed by atoms with E-state index in [1.165, 1.54) is 25.1 Å². The molecule has 1 saturated carbocycles. The number of piperidine rings is 1. The van der Waals surface area contributed by atoms with E-state index in [1.54, 1.807) is 6.07 Å². The molecule has 1 aliphatic heterocycles. The standard InChI is InChI=1S/C18H26FN3O2/c1-17(2,3)24-16(23)22-9-8-18(6-7-18)10-14(22)12-21-15-5-4-13(19)11-20-15/h4-5,11,14H,6-10,12H2,1-3H3,(H,20,21)/t14-/m0/s1. The zero-order valence-electron chi connectivity index (χ0n) is 14.6. The third-order valence-corrected chi connectivity index (χ3v) is 4.82. The van der Waals surface area contributed by atoms with E-state index in [-0.39, 0.29) is 18.0 Å². The van der Waals surface area contributed by atoms with Crippen LogP contribution in [0, 0.1) is 11.2 Å². The van der Waals surface area contributed by atoms with E-state index in [4.69, 9.17) is 4.74 Å². The van der Waals surface area contributed by atoms with Crippen LogP contribution in [-0.4, -0.2) is 40.7 Å². The molecule has 0 radical (unpaired) electrons. The summed E-state index contributed by atoms with van der Waals surface area (Å²) in [6, 6.07) is 3.07. The van der Waals surface area contributed by atoms with Gasteiger partial charge in [-0.3, -0.25) is 0 Å². The van der Waals surface area contributed by atoms with Gasteiger partial charge in [0.05, 0.1) is 12.2 Å². The number of hydrogen-bond acceptors (Lipinski definition) is 4. The lowest BCUT2D eigenvalue weighted by atomic mass is 9.88. The van der Waals surface area contributed by atoms with E-state index >= 15 is 0 Å². The first-order valence-electron chi connectivity index (χ1n) is 8.61. The molecule has 3 rings (SSSR count). The average Bonchev–Trinajstić information content (AvgIpc) is 3.24. The second-order valence-electron chi connectivity index (χ2n) is 8.02. The van der Waals surface area contributed by atoms with Crippen molar-refractivity contribution in [1.82, 2.24) is 9.88 Å². The Hall–Kier alpha value is -1.85. The van der Waals surface area contributed by atoms with E-state index in [1.807, 2.05) is 25.7 Å². The zero-order valence-corrected chi connectivity index (χ0v) is 14.6. The second kappa shape index (κ2) is 6.22. The molecule has 132 valence electrons. The van der Waals surface area contributed by atoms with E-state index in [0.717, 1.165) is 19.4 Å². The van der Waals surface area contributed by atoms with Gasteiger partial charge in [0.25, 0.3) is 0 Å². The molecule has 5 nitrogen and oxygen atoms in total. The molecule has 2 aliphatic rings. The molecule has 1 atom stereocenters. The third kappa shape index (κ3) is 4.16. The highest BCUT2D eigenvalue weighted by atomic mass is 19.1. The van der Waals surface area contributed by atoms with Gasteiger partial charge in [-0.05, 0) is 64.0 Å². The van der Waals surface area contributed by atoms with Crippen molar-refractivity contribution in [2.24, 2.45) is 5.41 Å². The van der Waals surface area contributed by atoms with Crippen LogP contribution in [0.15, 0.2) is 18.3 Å². The number of carbonyl (C=O) groups excluding carboxylic acids is 1. The molecule has 1 aromatic heterocycles. The molecular formula is C18H26FN3O2. The number of likely N-dealkylation sites (tertiary alicyclic amines) is 1. The molecule has 2 heterocycles. The number of ether oxygens (including phenoxy) is 1. The van der Waals surface area contributed by atoms with Gasteiger partial charge in [-0.25, -0.2) is 14.2 Å². The van der Waals surface area contributed by atoms with Gasteiger partial charge < -0.3 is 15.0 Å². The van der Waals surface area contributed by atoms with Crippen molar-refractivity contribution in [2.75, 3.05) is 18.4 Å². The fourth-order valence-electron chi connectivity index (χ4n) is 3.33. The van der Waals surface area contributed by atoms with E-state index in [9.17, 15) is 9.18 Å². The maximum atomic E-state index is 13.0. The van der Waals surface area contributed by atoms with Gasteiger partial charge in [0.15, 0.2) is 0 Å². The molecule has 1 aliphatic carbocycles. The van der Waals surface area contributed by atoms with Crippen LogP contribution in [0.25, 0.3) is 0 Å². The summed E-state index contributed by atoms with van der Waals surface area (Å²) in [7, 11) is 0. The first-order chi connectivity index (χ1) is 11.3. The van der Waals surface area contributed by atoms with Crippen LogP contribution in [-0.2, 0) is 4.74 Å². The van der Waals surface area contributed by atoms with Crippen LogP contribution in [0.1, 0.15) is 46.5 Å². The Labute approximate surface area is 142 Å². The summed E-state index contributed by atoms with van der Waals surface area (Å²) in [4.78, 5) is 18.4. The Bertz CT molecular complexity index is 593. The molecule has 1 aromatic rings. The smallest absolute Gasteiger partial charge is 0.410 e. The van der Waals surface area contributed by atoms with Crippen molar-refractivity contribution >= 4 is 11.9 Å². The van der Waals surface area contributed by atoms with Crippen molar-refractivity contribution in [3.8, 4) is 0 Å². The lowest BCUT2D eigenvalue weighted by Crippen LogP contribution is -2.51. The average molecular weight is 335 g/mol. The predicted molar refractivity (Wildman–Crippen MR) is 90.3 cm³/mol. The van der Waals surface area contributed by atoms with Crippen molar-refractivity contribution in [3.63, 3.8) is 0 Å². The Balaban J connectivity index is 1.65. The number of aromatic nitrogens is 1. The quantitative estimate of drug-likeness (QED) is 0.912. The largest absolute Gasteiger partial charge is 0.444 e. The highest BCUT2D eigenvalue weighted by Crippen LogP contribution is 2.55. The monoisotopic (exact) mass is 335 g/mol. The lowest BCUT2D eigenvalue weighted by molar-refractivity contribution is 0.00462. The Morgan fingerprint density at radius 2 is 2.17 bits per heavy atom. The fourth-order valence-corrected chi connectivity index (χ4v) is 3.33. The number of carbonyl (C=O) groups is 1. The summed E-state index contributed by atoms with van der Waals surface area (Å²) in [5, 5.41) is 3.23. The number of nitrogens with one attached hydrogen (secondary N) is 1. The van der Waals surface area contributed by atoms with Gasteiger partial charge in [0, 0.05) is 13.1 Å². The maximum Gasteiger partial charge on any atom is 0.410 e. The van der Waals surface area contributed by atoms with Crippen LogP contribution >= 0.6 is 0 Å². The molecule has 1 N–H and O–H groups in total. The molecule has 0 bridgehead atoms. The second-order valence-corrected chi connectivity index (χ2v) is 8.02. The Morgan fingerprint density at radius 1 is 1.42 bits per heavy atom. The number of anilines is 1. The van der Waals surface area contributed by atoms with Gasteiger partial charge in [-0.1, -0.05) is 0 Å². The minimum absolute atomic E-state index is 0.0722. The SMILES string of the molecule is CC(C)(C)OC(=O)N1CCC2(CC2)C[C@H]1CNc1ccc(F)cn1.